The SMILES string of the molecule is C1=C(c2c3ccccc3cc3c2ccc2ccccc23)CCCC1. The van der Waals surface area contributed by atoms with Crippen LogP contribution in [0.3, 0.4) is 0 Å². The molecule has 0 radical (unpaired) electrons. The summed E-state index contributed by atoms with van der Waals surface area (Å²) in [4.78, 5) is 0. The first kappa shape index (κ1) is 13.8. The Hall–Kier alpha value is -2.60. The Balaban J connectivity index is 1.99. The summed E-state index contributed by atoms with van der Waals surface area (Å²) in [7, 11) is 0. The molecule has 0 amide bonds. The van der Waals surface area contributed by atoms with E-state index in [-0.39, 0.29) is 0 Å². The number of benzene rings is 4. The summed E-state index contributed by atoms with van der Waals surface area (Å²) in [6.45, 7) is 0. The van der Waals surface area contributed by atoms with E-state index in [9.17, 15) is 0 Å². The highest BCUT2D eigenvalue weighted by atomic mass is 14.2. The van der Waals surface area contributed by atoms with Gasteiger partial charge in [-0.15, -0.1) is 0 Å². The van der Waals surface area contributed by atoms with E-state index < -0.39 is 0 Å². The molecule has 0 aliphatic heterocycles. The summed E-state index contributed by atoms with van der Waals surface area (Å²) >= 11 is 0. The van der Waals surface area contributed by atoms with Crippen molar-refractivity contribution in [1.29, 1.82) is 0 Å². The number of allylic oxidation sites excluding steroid dienone is 2. The van der Waals surface area contributed by atoms with E-state index in [1.807, 2.05) is 0 Å². The lowest BCUT2D eigenvalue weighted by Crippen LogP contribution is -1.95. The van der Waals surface area contributed by atoms with Gasteiger partial charge in [0, 0.05) is 0 Å². The van der Waals surface area contributed by atoms with Crippen molar-refractivity contribution in [1.82, 2.24) is 0 Å². The van der Waals surface area contributed by atoms with Gasteiger partial charge in [-0.3, -0.25) is 0 Å². The normalized spacial score (nSPS) is 15.1. The lowest BCUT2D eigenvalue weighted by molar-refractivity contribution is 0.743. The van der Waals surface area contributed by atoms with Gasteiger partial charge in [-0.05, 0) is 75.2 Å². The molecule has 4 aromatic rings. The Morgan fingerprint density at radius 3 is 2.21 bits per heavy atom. The summed E-state index contributed by atoms with van der Waals surface area (Å²) in [5.74, 6) is 0. The van der Waals surface area contributed by atoms with Crippen LogP contribution in [0.15, 0.2) is 72.8 Å². The van der Waals surface area contributed by atoms with Crippen LogP contribution in [-0.4, -0.2) is 0 Å². The van der Waals surface area contributed by atoms with E-state index in [0.29, 0.717) is 0 Å². The highest BCUT2D eigenvalue weighted by molar-refractivity contribution is 6.17. The van der Waals surface area contributed by atoms with E-state index >= 15 is 0 Å². The Morgan fingerprint density at radius 1 is 0.583 bits per heavy atom. The minimum absolute atomic E-state index is 1.20. The van der Waals surface area contributed by atoms with Gasteiger partial charge < -0.3 is 0 Å². The van der Waals surface area contributed by atoms with Gasteiger partial charge in [0.25, 0.3) is 0 Å². The molecule has 0 bridgehead atoms. The van der Waals surface area contributed by atoms with Crippen LogP contribution >= 0.6 is 0 Å². The summed E-state index contributed by atoms with van der Waals surface area (Å²) < 4.78 is 0. The average molecular weight is 308 g/mol. The van der Waals surface area contributed by atoms with Crippen molar-refractivity contribution in [2.24, 2.45) is 0 Å². The Labute approximate surface area is 142 Å². The van der Waals surface area contributed by atoms with E-state index in [0.717, 1.165) is 0 Å². The van der Waals surface area contributed by atoms with Gasteiger partial charge in [0.15, 0.2) is 0 Å². The first-order valence-corrected chi connectivity index (χ1v) is 8.94. The molecule has 0 unspecified atom stereocenters. The Morgan fingerprint density at radius 2 is 1.38 bits per heavy atom. The lowest BCUT2D eigenvalue weighted by atomic mass is 9.85. The van der Waals surface area contributed by atoms with Crippen LogP contribution in [0.25, 0.3) is 37.9 Å². The van der Waals surface area contributed by atoms with Gasteiger partial charge >= 0.3 is 0 Å². The molecule has 0 aromatic heterocycles. The molecule has 4 aromatic carbocycles. The molecule has 0 heteroatoms. The molecule has 0 fully saturated rings. The Kier molecular flexibility index (Phi) is 3.16. The first-order chi connectivity index (χ1) is 11.9. The molecule has 24 heavy (non-hydrogen) atoms. The molecule has 0 spiro atoms. The highest BCUT2D eigenvalue weighted by Crippen LogP contribution is 2.39. The zero-order valence-electron chi connectivity index (χ0n) is 13.8. The topological polar surface area (TPSA) is 0 Å². The van der Waals surface area contributed by atoms with Crippen LogP contribution < -0.4 is 0 Å². The van der Waals surface area contributed by atoms with E-state index in [1.54, 1.807) is 5.57 Å². The molecule has 1 aliphatic rings. The maximum atomic E-state index is 2.47. The number of hydrogen-bond acceptors (Lipinski definition) is 0. The third kappa shape index (κ3) is 2.06. The van der Waals surface area contributed by atoms with Gasteiger partial charge in [-0.1, -0.05) is 66.7 Å². The molecule has 5 rings (SSSR count). The molecular weight excluding hydrogens is 288 g/mol. The molecular formula is C24H20. The molecule has 1 aliphatic carbocycles. The van der Waals surface area contributed by atoms with E-state index in [2.05, 4.69) is 72.8 Å². The second kappa shape index (κ2) is 5.49. The maximum Gasteiger partial charge on any atom is -0.00702 e. The first-order valence-electron chi connectivity index (χ1n) is 8.94. The van der Waals surface area contributed by atoms with Crippen molar-refractivity contribution in [3.8, 4) is 0 Å². The summed E-state index contributed by atoms with van der Waals surface area (Å²) in [5, 5.41) is 8.22. The summed E-state index contributed by atoms with van der Waals surface area (Å²) in [6, 6.07) is 24.6. The van der Waals surface area contributed by atoms with Crippen molar-refractivity contribution in [3.05, 3.63) is 78.4 Å². The fourth-order valence-corrected chi connectivity index (χ4v) is 4.23. The molecule has 0 saturated carbocycles. The molecule has 0 heterocycles. The number of rotatable bonds is 1. The highest BCUT2D eigenvalue weighted by Gasteiger charge is 2.14. The van der Waals surface area contributed by atoms with E-state index in [4.69, 9.17) is 0 Å². The zero-order chi connectivity index (χ0) is 15.9. The van der Waals surface area contributed by atoms with Crippen LogP contribution in [-0.2, 0) is 0 Å². The largest absolute Gasteiger partial charge is 0.0807 e. The quantitative estimate of drug-likeness (QED) is 0.260. The standard InChI is InChI=1S/C24H20/c1-2-9-18(10-3-1)24-21-13-7-5-11-19(21)16-23-20-12-6-4-8-17(20)14-15-22(23)24/h4-9,11-16H,1-3,10H2. The second-order valence-corrected chi connectivity index (χ2v) is 6.83. The van der Waals surface area contributed by atoms with Crippen LogP contribution in [0.4, 0.5) is 0 Å². The number of fused-ring (bicyclic) bond motifs is 4. The van der Waals surface area contributed by atoms with Gasteiger partial charge in [0.2, 0.25) is 0 Å². The molecule has 0 saturated heterocycles. The smallest absolute Gasteiger partial charge is 0.00702 e. The minimum atomic E-state index is 1.20. The predicted octanol–water partition coefficient (Wildman–Crippen LogP) is 7.10. The predicted molar refractivity (Wildman–Crippen MR) is 105 cm³/mol. The Bertz CT molecular complexity index is 1100. The van der Waals surface area contributed by atoms with Crippen molar-refractivity contribution in [2.75, 3.05) is 0 Å². The van der Waals surface area contributed by atoms with Crippen molar-refractivity contribution in [2.45, 2.75) is 25.7 Å². The van der Waals surface area contributed by atoms with Gasteiger partial charge in [-0.25, -0.2) is 0 Å². The monoisotopic (exact) mass is 308 g/mol. The van der Waals surface area contributed by atoms with Crippen LogP contribution in [0.2, 0.25) is 0 Å². The fourth-order valence-electron chi connectivity index (χ4n) is 4.23. The molecule has 0 N–H and O–H groups in total. The molecule has 0 atom stereocenters. The van der Waals surface area contributed by atoms with Crippen molar-refractivity contribution in [3.63, 3.8) is 0 Å². The molecule has 116 valence electrons. The lowest BCUT2D eigenvalue weighted by Gasteiger charge is -2.19. The van der Waals surface area contributed by atoms with Crippen molar-refractivity contribution < 1.29 is 0 Å². The van der Waals surface area contributed by atoms with Crippen LogP contribution in [0.1, 0.15) is 31.2 Å². The number of hydrogen-bond donors (Lipinski definition) is 0. The van der Waals surface area contributed by atoms with E-state index in [1.165, 1.54) is 63.6 Å². The maximum absolute atomic E-state index is 2.47. The third-order valence-corrected chi connectivity index (χ3v) is 5.38. The van der Waals surface area contributed by atoms with Gasteiger partial charge in [0.1, 0.15) is 0 Å². The van der Waals surface area contributed by atoms with Gasteiger partial charge in [0.05, 0.1) is 0 Å². The van der Waals surface area contributed by atoms with Gasteiger partial charge in [-0.2, -0.15) is 0 Å². The summed E-state index contributed by atoms with van der Waals surface area (Å²) in [5.41, 5.74) is 3.01. The second-order valence-electron chi connectivity index (χ2n) is 6.83. The summed E-state index contributed by atoms with van der Waals surface area (Å²) in [6.07, 6.45) is 7.53. The van der Waals surface area contributed by atoms with Crippen LogP contribution in [0, 0.1) is 0 Å². The minimum Gasteiger partial charge on any atom is -0.0807 e. The van der Waals surface area contributed by atoms with Crippen LogP contribution in [0.5, 0.6) is 0 Å². The zero-order valence-corrected chi connectivity index (χ0v) is 13.8. The molecule has 0 nitrogen and oxygen atoms in total. The average Bonchev–Trinajstić information content (AvgIpc) is 2.67. The van der Waals surface area contributed by atoms with Crippen molar-refractivity contribution >= 4 is 37.9 Å². The fraction of sp³-hybridized carbons (Fsp3) is 0.167. The third-order valence-electron chi connectivity index (χ3n) is 5.38.